The lowest BCUT2D eigenvalue weighted by Crippen LogP contribution is -2.20. The number of amides is 1. The molecule has 0 saturated carbocycles. The van der Waals surface area contributed by atoms with Crippen molar-refractivity contribution in [3.63, 3.8) is 0 Å². The maximum atomic E-state index is 12.0. The molecule has 0 radical (unpaired) electrons. The molecule has 2 aromatic rings. The third-order valence-electron chi connectivity index (χ3n) is 2.99. The van der Waals surface area contributed by atoms with Gasteiger partial charge in [0.1, 0.15) is 5.75 Å². The van der Waals surface area contributed by atoms with Crippen molar-refractivity contribution < 1.29 is 9.53 Å². The van der Waals surface area contributed by atoms with E-state index < -0.39 is 0 Å². The molecule has 1 amide bonds. The summed E-state index contributed by atoms with van der Waals surface area (Å²) in [6.07, 6.45) is 0. The molecule has 0 atom stereocenters. The van der Waals surface area contributed by atoms with Crippen LogP contribution in [0.15, 0.2) is 30.3 Å². The third-order valence-corrected chi connectivity index (χ3v) is 4.02. The molecule has 2 rings (SSSR count). The summed E-state index contributed by atoms with van der Waals surface area (Å²) in [5, 5.41) is 3.60. The zero-order chi connectivity index (χ0) is 16.3. The van der Waals surface area contributed by atoms with Gasteiger partial charge in [0.25, 0.3) is 5.91 Å². The molecule has 3 nitrogen and oxygen atoms in total. The molecule has 22 heavy (non-hydrogen) atoms. The van der Waals surface area contributed by atoms with E-state index in [0.29, 0.717) is 26.5 Å². The van der Waals surface area contributed by atoms with Gasteiger partial charge in [-0.1, -0.05) is 46.9 Å². The summed E-state index contributed by atoms with van der Waals surface area (Å²) in [5.41, 5.74) is 2.42. The summed E-state index contributed by atoms with van der Waals surface area (Å²) in [7, 11) is 0. The van der Waals surface area contributed by atoms with Crippen LogP contribution in [0.2, 0.25) is 15.1 Å². The van der Waals surface area contributed by atoms with E-state index in [1.165, 1.54) is 12.1 Å². The Morgan fingerprint density at radius 3 is 2.45 bits per heavy atom. The number of aryl methyl sites for hydroxylation is 2. The van der Waals surface area contributed by atoms with Crippen LogP contribution in [0.3, 0.4) is 0 Å². The van der Waals surface area contributed by atoms with Gasteiger partial charge in [-0.2, -0.15) is 0 Å². The quantitative estimate of drug-likeness (QED) is 0.755. The fraction of sp³-hybridized carbons (Fsp3) is 0.188. The average molecular weight is 359 g/mol. The summed E-state index contributed by atoms with van der Waals surface area (Å²) < 4.78 is 5.53. The Kier molecular flexibility index (Phi) is 5.57. The molecule has 0 bridgehead atoms. The minimum atomic E-state index is -0.332. The average Bonchev–Trinajstić information content (AvgIpc) is 2.45. The normalized spacial score (nSPS) is 10.4. The second kappa shape index (κ2) is 7.23. The van der Waals surface area contributed by atoms with Crippen molar-refractivity contribution in [2.75, 3.05) is 11.9 Å². The Morgan fingerprint density at radius 1 is 1.05 bits per heavy atom. The Bertz CT molecular complexity index is 717. The van der Waals surface area contributed by atoms with Gasteiger partial charge in [0.05, 0.1) is 20.8 Å². The van der Waals surface area contributed by atoms with E-state index >= 15 is 0 Å². The second-order valence-corrected chi connectivity index (χ2v) is 6.07. The maximum Gasteiger partial charge on any atom is 0.262 e. The van der Waals surface area contributed by atoms with E-state index in [1.54, 1.807) is 0 Å². The van der Waals surface area contributed by atoms with Gasteiger partial charge in [-0.05, 0) is 43.2 Å². The van der Waals surface area contributed by atoms with Crippen molar-refractivity contribution in [2.45, 2.75) is 13.8 Å². The topological polar surface area (TPSA) is 38.3 Å². The van der Waals surface area contributed by atoms with E-state index in [2.05, 4.69) is 5.32 Å². The summed E-state index contributed by atoms with van der Waals surface area (Å²) in [6.45, 7) is 3.76. The molecule has 1 N–H and O–H groups in total. The van der Waals surface area contributed by atoms with E-state index in [9.17, 15) is 4.79 Å². The van der Waals surface area contributed by atoms with Gasteiger partial charge in [0.2, 0.25) is 0 Å². The second-order valence-electron chi connectivity index (χ2n) is 4.85. The Morgan fingerprint density at radius 2 is 1.73 bits per heavy atom. The molecule has 116 valence electrons. The van der Waals surface area contributed by atoms with Crippen LogP contribution in [0.4, 0.5) is 5.69 Å². The van der Waals surface area contributed by atoms with Crippen molar-refractivity contribution in [1.82, 2.24) is 0 Å². The molecule has 0 spiro atoms. The molecule has 2 aromatic carbocycles. The number of carbonyl (C=O) groups is 1. The van der Waals surface area contributed by atoms with Gasteiger partial charge < -0.3 is 10.1 Å². The highest BCUT2D eigenvalue weighted by atomic mass is 35.5. The lowest BCUT2D eigenvalue weighted by Gasteiger charge is -2.11. The van der Waals surface area contributed by atoms with Crippen LogP contribution >= 0.6 is 34.8 Å². The minimum Gasteiger partial charge on any atom is -0.483 e. The molecule has 0 saturated heterocycles. The predicted molar refractivity (Wildman–Crippen MR) is 91.5 cm³/mol. The standard InChI is InChI=1S/C16H14Cl3NO2/c1-9-3-4-10(2)15(5-9)22-8-16(21)20-14-7-12(18)11(17)6-13(14)19/h3-7H,8H2,1-2H3,(H,20,21). The zero-order valence-corrected chi connectivity index (χ0v) is 14.3. The molecule has 0 aliphatic carbocycles. The van der Waals surface area contributed by atoms with Gasteiger partial charge >= 0.3 is 0 Å². The molecule has 0 heterocycles. The molecular weight excluding hydrogens is 345 g/mol. The van der Waals surface area contributed by atoms with Crippen molar-refractivity contribution in [2.24, 2.45) is 0 Å². The highest BCUT2D eigenvalue weighted by molar-refractivity contribution is 6.44. The third kappa shape index (κ3) is 4.29. The van der Waals surface area contributed by atoms with E-state index in [-0.39, 0.29) is 12.5 Å². The Hall–Kier alpha value is -1.42. The van der Waals surface area contributed by atoms with Gasteiger partial charge in [-0.25, -0.2) is 0 Å². The lowest BCUT2D eigenvalue weighted by molar-refractivity contribution is -0.118. The number of halogens is 3. The predicted octanol–water partition coefficient (Wildman–Crippen LogP) is 5.28. The highest BCUT2D eigenvalue weighted by Gasteiger charge is 2.10. The molecular formula is C16H14Cl3NO2. The molecule has 0 aliphatic heterocycles. The van der Waals surface area contributed by atoms with Crippen molar-refractivity contribution in [1.29, 1.82) is 0 Å². The molecule has 0 aromatic heterocycles. The number of carbonyl (C=O) groups excluding carboxylic acids is 1. The number of benzene rings is 2. The van der Waals surface area contributed by atoms with Crippen molar-refractivity contribution in [3.8, 4) is 5.75 Å². The smallest absolute Gasteiger partial charge is 0.262 e. The lowest BCUT2D eigenvalue weighted by atomic mass is 10.1. The van der Waals surface area contributed by atoms with Gasteiger partial charge in [-0.3, -0.25) is 4.79 Å². The molecule has 6 heteroatoms. The van der Waals surface area contributed by atoms with E-state index in [1.807, 2.05) is 32.0 Å². The summed E-state index contributed by atoms with van der Waals surface area (Å²) in [4.78, 5) is 12.0. The number of ether oxygens (including phenoxy) is 1. The fourth-order valence-corrected chi connectivity index (χ4v) is 2.40. The Labute approximate surface area is 144 Å². The summed E-state index contributed by atoms with van der Waals surface area (Å²) in [5.74, 6) is 0.344. The first kappa shape index (κ1) is 16.9. The van der Waals surface area contributed by atoms with Crippen LogP contribution < -0.4 is 10.1 Å². The number of rotatable bonds is 4. The van der Waals surface area contributed by atoms with Crippen LogP contribution in [0.25, 0.3) is 0 Å². The number of anilines is 1. The van der Waals surface area contributed by atoms with Crippen LogP contribution in [0, 0.1) is 13.8 Å². The van der Waals surface area contributed by atoms with Crippen LogP contribution in [0.5, 0.6) is 5.75 Å². The number of hydrogen-bond acceptors (Lipinski definition) is 2. The first-order chi connectivity index (χ1) is 10.4. The summed E-state index contributed by atoms with van der Waals surface area (Å²) in [6, 6.07) is 8.79. The SMILES string of the molecule is Cc1ccc(C)c(OCC(=O)Nc2cc(Cl)c(Cl)cc2Cl)c1. The monoisotopic (exact) mass is 357 g/mol. The first-order valence-electron chi connectivity index (χ1n) is 6.51. The van der Waals surface area contributed by atoms with Crippen LogP contribution in [0.1, 0.15) is 11.1 Å². The zero-order valence-electron chi connectivity index (χ0n) is 12.0. The molecule has 0 fully saturated rings. The van der Waals surface area contributed by atoms with Gasteiger partial charge in [-0.15, -0.1) is 0 Å². The highest BCUT2D eigenvalue weighted by Crippen LogP contribution is 2.32. The maximum absolute atomic E-state index is 12.0. The largest absolute Gasteiger partial charge is 0.483 e. The fourth-order valence-electron chi connectivity index (χ4n) is 1.81. The van der Waals surface area contributed by atoms with Crippen LogP contribution in [-0.4, -0.2) is 12.5 Å². The van der Waals surface area contributed by atoms with Gasteiger partial charge in [0, 0.05) is 0 Å². The van der Waals surface area contributed by atoms with Crippen molar-refractivity contribution >= 4 is 46.4 Å². The Balaban J connectivity index is 2.02. The van der Waals surface area contributed by atoms with E-state index in [4.69, 9.17) is 39.5 Å². The first-order valence-corrected chi connectivity index (χ1v) is 7.64. The summed E-state index contributed by atoms with van der Waals surface area (Å²) >= 11 is 17.8. The molecule has 0 unspecified atom stereocenters. The number of hydrogen-bond donors (Lipinski definition) is 1. The minimum absolute atomic E-state index is 0.124. The van der Waals surface area contributed by atoms with Crippen LogP contribution in [-0.2, 0) is 4.79 Å². The number of nitrogens with one attached hydrogen (secondary N) is 1. The van der Waals surface area contributed by atoms with E-state index in [0.717, 1.165) is 11.1 Å². The van der Waals surface area contributed by atoms with Gasteiger partial charge in [0.15, 0.2) is 6.61 Å². The van der Waals surface area contributed by atoms with Crippen molar-refractivity contribution in [3.05, 3.63) is 56.5 Å². The molecule has 0 aliphatic rings.